The van der Waals surface area contributed by atoms with E-state index in [0.717, 1.165) is 0 Å². The zero-order chi connectivity index (χ0) is 15.1. The Morgan fingerprint density at radius 1 is 0.429 bits per heavy atom. The van der Waals surface area contributed by atoms with Crippen LogP contribution in [0.3, 0.4) is 0 Å². The Bertz CT molecular complexity index is 172. The quantitative estimate of drug-likeness (QED) is 0.201. The molecule has 0 aromatic rings. The predicted octanol–water partition coefficient (Wildman–Crippen LogP) is 7.68. The van der Waals surface area contributed by atoms with Crippen LogP contribution < -0.4 is 0 Å². The molecule has 0 amide bonds. The molecule has 0 aliphatic carbocycles. The maximum atomic E-state index is 2.38. The molecule has 0 aliphatic rings. The van der Waals surface area contributed by atoms with Gasteiger partial charge in [-0.25, -0.2) is 0 Å². The molecule has 0 rings (SSSR count). The normalized spacial score (nSPS) is 12.2. The first kappa shape index (κ1) is 24.2. The number of hydrogen-bond donors (Lipinski definition) is 0. The first-order valence-electron chi connectivity index (χ1n) is 9.74. The van der Waals surface area contributed by atoms with Gasteiger partial charge in [-0.1, -0.05) is 0 Å². The molecule has 0 heterocycles. The van der Waals surface area contributed by atoms with Crippen molar-refractivity contribution in [2.45, 2.75) is 98.3 Å². The van der Waals surface area contributed by atoms with Crippen molar-refractivity contribution in [3.05, 3.63) is 0 Å². The number of halogens is 1. The van der Waals surface area contributed by atoms with Crippen molar-refractivity contribution in [2.75, 3.05) is 24.6 Å². The number of rotatable bonds is 15. The van der Waals surface area contributed by atoms with Crippen LogP contribution in [0.5, 0.6) is 0 Å². The second-order valence-electron chi connectivity index (χ2n) is 6.97. The molecule has 0 atom stereocenters. The van der Waals surface area contributed by atoms with E-state index in [4.69, 9.17) is 0 Å². The molecular weight excluding hydrogens is 339 g/mol. The Morgan fingerprint density at radius 3 is 1.14 bits per heavy atom. The van der Waals surface area contributed by atoms with E-state index in [-0.39, 0.29) is 17.0 Å². The molecule has 0 aromatic heterocycles. The van der Waals surface area contributed by atoms with Crippen molar-refractivity contribution >= 4 is 24.2 Å². The van der Waals surface area contributed by atoms with Gasteiger partial charge in [0.2, 0.25) is 0 Å². The van der Waals surface area contributed by atoms with E-state index in [2.05, 4.69) is 27.7 Å². The molecule has 0 nitrogen and oxygen atoms in total. The summed E-state index contributed by atoms with van der Waals surface area (Å²) in [4.78, 5) is 0. The third-order valence-corrected chi connectivity index (χ3v) is 10.6. The first-order chi connectivity index (χ1) is 9.74. The number of unbranched alkanes of at least 4 members (excludes halogenated alkanes) is 7. The third-order valence-electron chi connectivity index (χ3n) is 4.99. The average molecular weight is 383 g/mol. The van der Waals surface area contributed by atoms with E-state index < -0.39 is 7.26 Å². The van der Waals surface area contributed by atoms with Gasteiger partial charge in [-0.15, -0.1) is 17.0 Å². The molecule has 0 N–H and O–H groups in total. The summed E-state index contributed by atoms with van der Waals surface area (Å²) >= 11 is 0. The van der Waals surface area contributed by atoms with Crippen LogP contribution in [0.1, 0.15) is 98.3 Å². The molecule has 0 aliphatic heterocycles. The molecular formula is C19H44BrP. The molecule has 2 heteroatoms. The van der Waals surface area contributed by atoms with Crippen LogP contribution in [0.2, 0.25) is 0 Å². The van der Waals surface area contributed by atoms with Gasteiger partial charge in [-0.05, 0) is 0 Å². The zero-order valence-electron chi connectivity index (χ0n) is 15.5. The molecule has 0 saturated carbocycles. The van der Waals surface area contributed by atoms with Crippen molar-refractivity contribution in [1.29, 1.82) is 0 Å². The number of hydrogen-bond acceptors (Lipinski definition) is 0. The van der Waals surface area contributed by atoms with Gasteiger partial charge < -0.3 is 0 Å². The Labute approximate surface area is 147 Å². The molecule has 0 radical (unpaired) electrons. The van der Waals surface area contributed by atoms with E-state index in [9.17, 15) is 0 Å². The minimum atomic E-state index is -0.919. The van der Waals surface area contributed by atoms with E-state index in [1.807, 2.05) is 0 Å². The molecule has 132 valence electrons. The summed E-state index contributed by atoms with van der Waals surface area (Å²) in [6, 6.07) is 0. The summed E-state index contributed by atoms with van der Waals surface area (Å²) in [5, 5.41) is 0. The van der Waals surface area contributed by atoms with Gasteiger partial charge in [0.15, 0.2) is 0 Å². The summed E-state index contributed by atoms with van der Waals surface area (Å²) in [6.45, 7) is 9.45. The monoisotopic (exact) mass is 382 g/mol. The topological polar surface area (TPSA) is 0 Å². The van der Waals surface area contributed by atoms with E-state index in [1.165, 1.54) is 64.2 Å². The molecule has 0 aromatic carbocycles. The Kier molecular flexibility index (Phi) is 19.9. The summed E-state index contributed by atoms with van der Waals surface area (Å²) in [7, 11) is -0.919. The SMILES string of the molecule is Br.CCCCCCC[PH](CCCC)(CCCC)CCCC. The van der Waals surface area contributed by atoms with Gasteiger partial charge in [-0.2, -0.15) is 0 Å². The fourth-order valence-corrected chi connectivity index (χ4v) is 9.32. The Balaban J connectivity index is 0. The van der Waals surface area contributed by atoms with Crippen molar-refractivity contribution in [3.63, 3.8) is 0 Å². The van der Waals surface area contributed by atoms with Crippen LogP contribution >= 0.6 is 24.2 Å². The van der Waals surface area contributed by atoms with Gasteiger partial charge >= 0.3 is 130 Å². The summed E-state index contributed by atoms with van der Waals surface area (Å²) in [5.74, 6) is 0. The van der Waals surface area contributed by atoms with Gasteiger partial charge in [0, 0.05) is 0 Å². The summed E-state index contributed by atoms with van der Waals surface area (Å²) < 4.78 is 0. The van der Waals surface area contributed by atoms with Crippen LogP contribution in [0.4, 0.5) is 0 Å². The van der Waals surface area contributed by atoms with Crippen LogP contribution in [0.25, 0.3) is 0 Å². The molecule has 0 saturated heterocycles. The molecule has 0 fully saturated rings. The van der Waals surface area contributed by atoms with Gasteiger partial charge in [0.05, 0.1) is 0 Å². The van der Waals surface area contributed by atoms with Gasteiger partial charge in [0.1, 0.15) is 0 Å². The van der Waals surface area contributed by atoms with E-state index in [0.29, 0.717) is 0 Å². The zero-order valence-corrected chi connectivity index (χ0v) is 18.2. The van der Waals surface area contributed by atoms with Crippen LogP contribution in [0.15, 0.2) is 0 Å². The van der Waals surface area contributed by atoms with Crippen molar-refractivity contribution in [3.8, 4) is 0 Å². The first-order valence-corrected chi connectivity index (χ1v) is 12.6. The van der Waals surface area contributed by atoms with Crippen molar-refractivity contribution in [1.82, 2.24) is 0 Å². The predicted molar refractivity (Wildman–Crippen MR) is 112 cm³/mol. The Morgan fingerprint density at radius 2 is 0.762 bits per heavy atom. The molecule has 0 spiro atoms. The molecule has 0 bridgehead atoms. The van der Waals surface area contributed by atoms with Crippen molar-refractivity contribution in [2.24, 2.45) is 0 Å². The fraction of sp³-hybridized carbons (Fsp3) is 1.00. The summed E-state index contributed by atoms with van der Waals surface area (Å²) in [6.07, 6.45) is 22.7. The molecule has 21 heavy (non-hydrogen) atoms. The van der Waals surface area contributed by atoms with Crippen LogP contribution in [-0.4, -0.2) is 24.6 Å². The Hall–Kier alpha value is 0.910. The fourth-order valence-electron chi connectivity index (χ4n) is 3.51. The van der Waals surface area contributed by atoms with Gasteiger partial charge in [0.25, 0.3) is 0 Å². The third kappa shape index (κ3) is 13.1. The second kappa shape index (κ2) is 17.3. The molecule has 0 unspecified atom stereocenters. The van der Waals surface area contributed by atoms with Crippen LogP contribution in [-0.2, 0) is 0 Å². The minimum absolute atomic E-state index is 0. The van der Waals surface area contributed by atoms with Crippen LogP contribution in [0, 0.1) is 0 Å². The van der Waals surface area contributed by atoms with E-state index >= 15 is 0 Å². The van der Waals surface area contributed by atoms with Gasteiger partial charge in [-0.3, -0.25) is 0 Å². The average Bonchev–Trinajstić information content (AvgIpc) is 2.48. The van der Waals surface area contributed by atoms with Crippen molar-refractivity contribution < 1.29 is 0 Å². The summed E-state index contributed by atoms with van der Waals surface area (Å²) in [5.41, 5.74) is 0. The second-order valence-corrected chi connectivity index (χ2v) is 12.0. The maximum absolute atomic E-state index is 2.38. The standard InChI is InChI=1S/C19H43P.BrH/c1-5-9-13-14-15-19-20(16-10-6-2,17-11-7-3)18-12-8-4;/h20H,5-19H2,1-4H3;1H. The van der Waals surface area contributed by atoms with E-state index in [1.54, 1.807) is 31.1 Å².